The van der Waals surface area contributed by atoms with E-state index in [9.17, 15) is 13.9 Å². The monoisotopic (exact) mass is 258 g/mol. The maximum atomic E-state index is 13.1. The predicted molar refractivity (Wildman–Crippen MR) is 66.4 cm³/mol. The van der Waals surface area contributed by atoms with Gasteiger partial charge in [-0.05, 0) is 30.5 Å². The van der Waals surface area contributed by atoms with E-state index >= 15 is 0 Å². The Morgan fingerprint density at radius 3 is 2.28 bits per heavy atom. The third kappa shape index (κ3) is 3.06. The largest absolute Gasteiger partial charge is 0.390 e. The minimum Gasteiger partial charge on any atom is -0.390 e. The Kier molecular flexibility index (Phi) is 5.23. The van der Waals surface area contributed by atoms with Crippen LogP contribution in [0.25, 0.3) is 0 Å². The summed E-state index contributed by atoms with van der Waals surface area (Å²) in [7, 11) is 1.56. The number of methoxy groups -OCH3 is 1. The molecule has 1 atom stereocenters. The van der Waals surface area contributed by atoms with Crippen molar-refractivity contribution >= 4 is 0 Å². The third-order valence-corrected chi connectivity index (χ3v) is 3.62. The summed E-state index contributed by atoms with van der Waals surface area (Å²) in [6.45, 7) is 3.86. The first-order valence-corrected chi connectivity index (χ1v) is 6.16. The van der Waals surface area contributed by atoms with E-state index in [1.54, 1.807) is 7.11 Å². The summed E-state index contributed by atoms with van der Waals surface area (Å²) >= 11 is 0. The lowest BCUT2D eigenvalue weighted by molar-refractivity contribution is -0.106. The Morgan fingerprint density at radius 1 is 1.22 bits per heavy atom. The number of halogens is 2. The van der Waals surface area contributed by atoms with Gasteiger partial charge in [0.25, 0.3) is 0 Å². The summed E-state index contributed by atoms with van der Waals surface area (Å²) in [4.78, 5) is 0. The molecule has 18 heavy (non-hydrogen) atoms. The predicted octanol–water partition coefficient (Wildman–Crippen LogP) is 3.07. The van der Waals surface area contributed by atoms with E-state index in [1.165, 1.54) is 6.07 Å². The Balaban J connectivity index is 2.85. The number of aliphatic hydroxyl groups excluding tert-OH is 1. The minimum atomic E-state index is -0.893. The van der Waals surface area contributed by atoms with Crippen LogP contribution in [0.15, 0.2) is 18.2 Å². The number of benzene rings is 1. The molecule has 0 aliphatic heterocycles. The molecule has 1 N–H and O–H groups in total. The Morgan fingerprint density at radius 2 is 1.83 bits per heavy atom. The van der Waals surface area contributed by atoms with Gasteiger partial charge >= 0.3 is 0 Å². The average Bonchev–Trinajstić information content (AvgIpc) is 2.37. The normalized spacial score (nSPS) is 13.7. The molecule has 2 nitrogen and oxygen atoms in total. The highest BCUT2D eigenvalue weighted by atomic mass is 19.2. The van der Waals surface area contributed by atoms with Gasteiger partial charge in [0.05, 0.1) is 11.7 Å². The first-order chi connectivity index (χ1) is 8.49. The number of hydrogen-bond acceptors (Lipinski definition) is 2. The van der Waals surface area contributed by atoms with Gasteiger partial charge in [-0.2, -0.15) is 0 Å². The summed E-state index contributed by atoms with van der Waals surface area (Å²) in [5.41, 5.74) is -0.0741. The van der Waals surface area contributed by atoms with E-state index in [-0.39, 0.29) is 6.42 Å². The van der Waals surface area contributed by atoms with Gasteiger partial charge in [0.15, 0.2) is 11.6 Å². The third-order valence-electron chi connectivity index (χ3n) is 3.62. The number of aliphatic hydroxyl groups is 1. The first-order valence-electron chi connectivity index (χ1n) is 6.16. The first kappa shape index (κ1) is 15.1. The van der Waals surface area contributed by atoms with Crippen molar-refractivity contribution < 1.29 is 18.6 Å². The molecule has 0 saturated carbocycles. The zero-order valence-electron chi connectivity index (χ0n) is 11.0. The highest BCUT2D eigenvalue weighted by molar-refractivity contribution is 5.19. The van der Waals surface area contributed by atoms with E-state index in [0.717, 1.165) is 12.1 Å². The molecule has 0 fully saturated rings. The molecule has 1 aromatic carbocycles. The van der Waals surface area contributed by atoms with Crippen molar-refractivity contribution in [1.82, 2.24) is 0 Å². The SMILES string of the molecule is CCC(CC)(OC)C(O)Cc1ccc(F)c(F)c1. The Hall–Kier alpha value is -1.00. The molecule has 0 bridgehead atoms. The van der Waals surface area contributed by atoms with Crippen molar-refractivity contribution in [1.29, 1.82) is 0 Å². The molecule has 0 aliphatic rings. The quantitative estimate of drug-likeness (QED) is 0.849. The van der Waals surface area contributed by atoms with Crippen molar-refractivity contribution in [2.45, 2.75) is 44.8 Å². The number of ether oxygens (including phenoxy) is 1. The summed E-state index contributed by atoms with van der Waals surface area (Å²) in [6.07, 6.45) is 0.810. The van der Waals surface area contributed by atoms with Gasteiger partial charge in [0.1, 0.15) is 0 Å². The fourth-order valence-electron chi connectivity index (χ4n) is 2.22. The highest BCUT2D eigenvalue weighted by Crippen LogP contribution is 2.26. The molecule has 0 heterocycles. The van der Waals surface area contributed by atoms with Crippen LogP contribution in [0.1, 0.15) is 32.3 Å². The summed E-state index contributed by atoms with van der Waals surface area (Å²) in [5, 5.41) is 10.2. The van der Waals surface area contributed by atoms with Crippen molar-refractivity contribution in [2.75, 3.05) is 7.11 Å². The van der Waals surface area contributed by atoms with Crippen LogP contribution in [-0.2, 0) is 11.2 Å². The van der Waals surface area contributed by atoms with Gasteiger partial charge in [-0.25, -0.2) is 8.78 Å². The zero-order valence-corrected chi connectivity index (χ0v) is 11.0. The van der Waals surface area contributed by atoms with E-state index in [1.807, 2.05) is 13.8 Å². The van der Waals surface area contributed by atoms with E-state index in [2.05, 4.69) is 0 Å². The van der Waals surface area contributed by atoms with E-state index in [0.29, 0.717) is 18.4 Å². The molecule has 0 aliphatic carbocycles. The van der Waals surface area contributed by atoms with Crippen LogP contribution in [0.3, 0.4) is 0 Å². The standard InChI is InChI=1S/C14H20F2O2/c1-4-14(5-2,18-3)13(17)9-10-6-7-11(15)12(16)8-10/h6-8,13,17H,4-5,9H2,1-3H3. The maximum absolute atomic E-state index is 13.1. The van der Waals surface area contributed by atoms with Crippen molar-refractivity contribution in [2.24, 2.45) is 0 Å². The molecule has 4 heteroatoms. The van der Waals surface area contributed by atoms with Crippen molar-refractivity contribution in [3.63, 3.8) is 0 Å². The second kappa shape index (κ2) is 6.25. The maximum Gasteiger partial charge on any atom is 0.159 e. The smallest absolute Gasteiger partial charge is 0.159 e. The van der Waals surface area contributed by atoms with Gasteiger partial charge < -0.3 is 9.84 Å². The summed E-state index contributed by atoms with van der Waals surface area (Å²) in [5.74, 6) is -1.77. The molecule has 0 saturated heterocycles. The molecule has 1 unspecified atom stereocenters. The summed E-state index contributed by atoms with van der Waals surface area (Å²) in [6, 6.07) is 3.67. The molecule has 1 aromatic rings. The molecule has 0 aromatic heterocycles. The molecule has 0 amide bonds. The molecular weight excluding hydrogens is 238 g/mol. The second-order valence-electron chi connectivity index (χ2n) is 4.44. The lowest BCUT2D eigenvalue weighted by Crippen LogP contribution is -2.44. The van der Waals surface area contributed by atoms with Crippen LogP contribution in [0.2, 0.25) is 0 Å². The van der Waals surface area contributed by atoms with Gasteiger partial charge in [-0.15, -0.1) is 0 Å². The molecule has 1 rings (SSSR count). The lowest BCUT2D eigenvalue weighted by atomic mass is 9.86. The molecule has 102 valence electrons. The van der Waals surface area contributed by atoms with Gasteiger partial charge in [0, 0.05) is 13.5 Å². The van der Waals surface area contributed by atoms with E-state index in [4.69, 9.17) is 4.74 Å². The molecule has 0 spiro atoms. The molecular formula is C14H20F2O2. The van der Waals surface area contributed by atoms with E-state index < -0.39 is 23.3 Å². The van der Waals surface area contributed by atoms with Crippen LogP contribution in [-0.4, -0.2) is 23.9 Å². The Labute approximate surface area is 107 Å². The van der Waals surface area contributed by atoms with Crippen molar-refractivity contribution in [3.8, 4) is 0 Å². The van der Waals surface area contributed by atoms with Gasteiger partial charge in [-0.3, -0.25) is 0 Å². The van der Waals surface area contributed by atoms with Gasteiger partial charge in [0.2, 0.25) is 0 Å². The fourth-order valence-corrected chi connectivity index (χ4v) is 2.22. The topological polar surface area (TPSA) is 29.5 Å². The van der Waals surface area contributed by atoms with Crippen LogP contribution in [0.4, 0.5) is 8.78 Å². The van der Waals surface area contributed by atoms with Crippen molar-refractivity contribution in [3.05, 3.63) is 35.4 Å². The summed E-state index contributed by atoms with van der Waals surface area (Å²) < 4.78 is 31.3. The van der Waals surface area contributed by atoms with Crippen LogP contribution < -0.4 is 0 Å². The fraction of sp³-hybridized carbons (Fsp3) is 0.571. The zero-order chi connectivity index (χ0) is 13.8. The number of rotatable bonds is 6. The molecule has 0 radical (unpaired) electrons. The second-order valence-corrected chi connectivity index (χ2v) is 4.44. The lowest BCUT2D eigenvalue weighted by Gasteiger charge is -2.35. The number of hydrogen-bond donors (Lipinski definition) is 1. The van der Waals surface area contributed by atoms with Crippen LogP contribution in [0, 0.1) is 11.6 Å². The van der Waals surface area contributed by atoms with Crippen LogP contribution >= 0.6 is 0 Å². The minimum absolute atomic E-state index is 0.243. The highest BCUT2D eigenvalue weighted by Gasteiger charge is 2.34. The average molecular weight is 258 g/mol. The van der Waals surface area contributed by atoms with Crippen LogP contribution in [0.5, 0.6) is 0 Å². The van der Waals surface area contributed by atoms with Gasteiger partial charge in [-0.1, -0.05) is 19.9 Å². The Bertz CT molecular complexity index is 381.